The lowest BCUT2D eigenvalue weighted by Gasteiger charge is -2.06. The maximum absolute atomic E-state index is 13.0. The molecule has 0 spiro atoms. The minimum absolute atomic E-state index is 0.121. The average Bonchev–Trinajstić information content (AvgIpc) is 3.02. The number of aromatic nitrogens is 2. The summed E-state index contributed by atoms with van der Waals surface area (Å²) in [7, 11) is 0. The van der Waals surface area contributed by atoms with Gasteiger partial charge >= 0.3 is 6.18 Å². The van der Waals surface area contributed by atoms with E-state index < -0.39 is 11.1 Å². The minimum Gasteiger partial charge on any atom is -0.359 e. The molecule has 3 aromatic rings. The van der Waals surface area contributed by atoms with E-state index in [0.717, 1.165) is 0 Å². The zero-order valence-electron chi connectivity index (χ0n) is 9.95. The predicted molar refractivity (Wildman–Crippen MR) is 72.3 cm³/mol. The number of alkyl halides is 3. The van der Waals surface area contributed by atoms with Crippen molar-refractivity contribution < 1.29 is 13.2 Å². The Kier molecular flexibility index (Phi) is 2.80. The van der Waals surface area contributed by atoms with Gasteiger partial charge in [-0.2, -0.15) is 13.2 Å². The van der Waals surface area contributed by atoms with Crippen molar-refractivity contribution in [3.05, 3.63) is 40.3 Å². The number of aromatic amines is 1. The van der Waals surface area contributed by atoms with E-state index in [0.29, 0.717) is 33.6 Å². The van der Waals surface area contributed by atoms with Gasteiger partial charge in [0.15, 0.2) is 0 Å². The molecule has 0 saturated heterocycles. The summed E-state index contributed by atoms with van der Waals surface area (Å²) in [5.74, 6) is 2.38. The Hall–Kier alpha value is -2.26. The number of pyridine rings is 1. The molecule has 20 heavy (non-hydrogen) atoms. The van der Waals surface area contributed by atoms with Crippen molar-refractivity contribution in [1.29, 1.82) is 0 Å². The van der Waals surface area contributed by atoms with Gasteiger partial charge in [-0.3, -0.25) is 0 Å². The van der Waals surface area contributed by atoms with E-state index in [2.05, 4.69) is 15.9 Å². The molecule has 0 saturated carbocycles. The molecule has 0 aliphatic heterocycles. The van der Waals surface area contributed by atoms with Crippen molar-refractivity contribution in [2.75, 3.05) is 0 Å². The fourth-order valence-corrected chi connectivity index (χ4v) is 2.80. The van der Waals surface area contributed by atoms with Gasteiger partial charge in [-0.1, -0.05) is 5.92 Å². The van der Waals surface area contributed by atoms with Gasteiger partial charge in [0.1, 0.15) is 10.6 Å². The van der Waals surface area contributed by atoms with E-state index in [-0.39, 0.29) is 5.56 Å². The molecular weight excluding hydrogens is 285 g/mol. The highest BCUT2D eigenvalue weighted by atomic mass is 32.1. The topological polar surface area (TPSA) is 28.7 Å². The molecule has 2 nitrogen and oxygen atoms in total. The van der Waals surface area contributed by atoms with E-state index in [1.54, 1.807) is 12.1 Å². The standard InChI is InChI=1S/C14H7F3N2S/c1-2-8-3-4-11-12(19-8)10(7-18-11)9-5-6-20-13(9)14(15,16)17/h1,3-7,18H. The number of nitrogens with zero attached hydrogens (tertiary/aromatic N) is 1. The van der Waals surface area contributed by atoms with Crippen LogP contribution in [0.2, 0.25) is 0 Å². The van der Waals surface area contributed by atoms with Crippen LogP contribution < -0.4 is 0 Å². The van der Waals surface area contributed by atoms with Crippen molar-refractivity contribution in [1.82, 2.24) is 9.97 Å². The van der Waals surface area contributed by atoms with Crippen molar-refractivity contribution in [2.45, 2.75) is 6.18 Å². The molecule has 0 aromatic carbocycles. The van der Waals surface area contributed by atoms with E-state index in [4.69, 9.17) is 6.42 Å². The Labute approximate surface area is 116 Å². The number of H-pyrrole nitrogens is 1. The van der Waals surface area contributed by atoms with Crippen LogP contribution in [0.15, 0.2) is 29.8 Å². The molecule has 0 aliphatic rings. The van der Waals surface area contributed by atoms with Gasteiger partial charge in [-0.25, -0.2) is 4.98 Å². The first-order valence-corrected chi connectivity index (χ1v) is 6.48. The van der Waals surface area contributed by atoms with E-state index in [9.17, 15) is 13.2 Å². The second kappa shape index (κ2) is 4.39. The highest BCUT2D eigenvalue weighted by Crippen LogP contribution is 2.42. The van der Waals surface area contributed by atoms with Crippen LogP contribution >= 0.6 is 11.3 Å². The second-order valence-corrected chi connectivity index (χ2v) is 5.02. The average molecular weight is 292 g/mol. The zero-order chi connectivity index (χ0) is 14.3. The van der Waals surface area contributed by atoms with Gasteiger partial charge in [-0.05, 0) is 23.6 Å². The molecule has 0 atom stereocenters. The van der Waals surface area contributed by atoms with Gasteiger partial charge in [0.05, 0.1) is 11.0 Å². The zero-order valence-corrected chi connectivity index (χ0v) is 10.8. The monoisotopic (exact) mass is 292 g/mol. The molecule has 6 heteroatoms. The van der Waals surface area contributed by atoms with Gasteiger partial charge in [0.2, 0.25) is 0 Å². The normalized spacial score (nSPS) is 11.7. The van der Waals surface area contributed by atoms with Crippen molar-refractivity contribution in [3.63, 3.8) is 0 Å². The molecule has 1 N–H and O–H groups in total. The molecule has 0 radical (unpaired) electrons. The summed E-state index contributed by atoms with van der Waals surface area (Å²) in [5.41, 5.74) is 2.02. The number of thiophene rings is 1. The van der Waals surface area contributed by atoms with Gasteiger partial charge in [0.25, 0.3) is 0 Å². The van der Waals surface area contributed by atoms with Crippen LogP contribution in [0.25, 0.3) is 22.2 Å². The summed E-state index contributed by atoms with van der Waals surface area (Å²) in [5, 5.41) is 1.42. The van der Waals surface area contributed by atoms with Crippen molar-refractivity contribution in [3.8, 4) is 23.5 Å². The molecule has 100 valence electrons. The highest BCUT2D eigenvalue weighted by Gasteiger charge is 2.35. The van der Waals surface area contributed by atoms with E-state index in [1.165, 1.54) is 17.6 Å². The lowest BCUT2D eigenvalue weighted by molar-refractivity contribution is -0.133. The Morgan fingerprint density at radius 1 is 1.20 bits per heavy atom. The lowest BCUT2D eigenvalue weighted by atomic mass is 10.1. The first-order valence-electron chi connectivity index (χ1n) is 5.60. The molecule has 0 unspecified atom stereocenters. The number of fused-ring (bicyclic) bond motifs is 1. The fraction of sp³-hybridized carbons (Fsp3) is 0.0714. The van der Waals surface area contributed by atoms with E-state index >= 15 is 0 Å². The number of halogens is 3. The Morgan fingerprint density at radius 3 is 2.70 bits per heavy atom. The maximum atomic E-state index is 13.0. The molecule has 0 fully saturated rings. The van der Waals surface area contributed by atoms with Crippen molar-refractivity contribution in [2.24, 2.45) is 0 Å². The quantitative estimate of drug-likeness (QED) is 0.666. The van der Waals surface area contributed by atoms with Gasteiger partial charge in [-0.15, -0.1) is 17.8 Å². The summed E-state index contributed by atoms with van der Waals surface area (Å²) < 4.78 is 38.9. The molecule has 3 heterocycles. The molecule has 0 aliphatic carbocycles. The summed E-state index contributed by atoms with van der Waals surface area (Å²) in [6.45, 7) is 0. The van der Waals surface area contributed by atoms with Gasteiger partial charge < -0.3 is 4.98 Å². The van der Waals surface area contributed by atoms with Crippen LogP contribution in [-0.2, 0) is 6.18 Å². The predicted octanol–water partition coefficient (Wildman–Crippen LogP) is 4.29. The van der Waals surface area contributed by atoms with Crippen LogP contribution in [0.3, 0.4) is 0 Å². The molecular formula is C14H7F3N2S. The third kappa shape index (κ3) is 1.96. The highest BCUT2D eigenvalue weighted by molar-refractivity contribution is 7.10. The summed E-state index contributed by atoms with van der Waals surface area (Å²) in [6.07, 6.45) is 2.42. The number of hydrogen-bond donors (Lipinski definition) is 1. The molecule has 0 amide bonds. The fourth-order valence-electron chi connectivity index (χ4n) is 2.03. The molecule has 3 rings (SSSR count). The molecule has 0 bridgehead atoms. The maximum Gasteiger partial charge on any atom is 0.426 e. The smallest absolute Gasteiger partial charge is 0.359 e. The number of terminal acetylenes is 1. The number of nitrogens with one attached hydrogen (secondary N) is 1. The molecule has 3 aromatic heterocycles. The summed E-state index contributed by atoms with van der Waals surface area (Å²) in [4.78, 5) is 6.48. The lowest BCUT2D eigenvalue weighted by Crippen LogP contribution is -2.03. The summed E-state index contributed by atoms with van der Waals surface area (Å²) in [6, 6.07) is 4.79. The van der Waals surface area contributed by atoms with Gasteiger partial charge in [0, 0.05) is 17.3 Å². The van der Waals surface area contributed by atoms with E-state index in [1.807, 2.05) is 0 Å². The Bertz CT molecular complexity index is 821. The van der Waals surface area contributed by atoms with Crippen molar-refractivity contribution >= 4 is 22.4 Å². The van der Waals surface area contributed by atoms with Crippen LogP contribution in [0.1, 0.15) is 10.6 Å². The summed E-state index contributed by atoms with van der Waals surface area (Å²) >= 11 is 0.666. The first kappa shape index (κ1) is 12.8. The van der Waals surface area contributed by atoms with Crippen LogP contribution in [0.4, 0.5) is 13.2 Å². The minimum atomic E-state index is -4.38. The number of rotatable bonds is 1. The Balaban J connectivity index is 2.26. The second-order valence-electron chi connectivity index (χ2n) is 4.10. The van der Waals surface area contributed by atoms with Crippen LogP contribution in [-0.4, -0.2) is 9.97 Å². The van der Waals surface area contributed by atoms with Crippen LogP contribution in [0, 0.1) is 12.3 Å². The number of hydrogen-bond acceptors (Lipinski definition) is 2. The third-order valence-electron chi connectivity index (χ3n) is 2.88. The third-order valence-corrected chi connectivity index (χ3v) is 3.84. The SMILES string of the molecule is C#Cc1ccc2[nH]cc(-c3ccsc3C(F)(F)F)c2n1. The van der Waals surface area contributed by atoms with Crippen LogP contribution in [0.5, 0.6) is 0 Å². The largest absolute Gasteiger partial charge is 0.426 e. The Morgan fingerprint density at radius 2 is 2.00 bits per heavy atom. The first-order chi connectivity index (χ1) is 9.50.